The van der Waals surface area contributed by atoms with Crippen LogP contribution in [0.15, 0.2) is 24.3 Å². The molecule has 26 heavy (non-hydrogen) atoms. The minimum absolute atomic E-state index is 0.280. The first-order valence-corrected chi connectivity index (χ1v) is 10.1. The Balaban J connectivity index is 1.40. The first-order chi connectivity index (χ1) is 12.7. The molecule has 3 saturated heterocycles. The average molecular weight is 358 g/mol. The summed E-state index contributed by atoms with van der Waals surface area (Å²) >= 11 is 0. The highest BCUT2D eigenvalue weighted by atomic mass is 16.5. The molecule has 4 fully saturated rings. The van der Waals surface area contributed by atoms with Crippen molar-refractivity contribution in [3.63, 3.8) is 0 Å². The van der Waals surface area contributed by atoms with Gasteiger partial charge in [0.15, 0.2) is 6.61 Å². The fourth-order valence-corrected chi connectivity index (χ4v) is 4.79. The van der Waals surface area contributed by atoms with E-state index in [9.17, 15) is 4.79 Å². The monoisotopic (exact) mass is 358 g/mol. The number of hydrogen-bond acceptors (Lipinski definition) is 4. The molecule has 5 heteroatoms. The van der Waals surface area contributed by atoms with Gasteiger partial charge in [0.1, 0.15) is 5.75 Å². The van der Waals surface area contributed by atoms with Crippen LogP contribution in [-0.4, -0.2) is 59.7 Å². The summed E-state index contributed by atoms with van der Waals surface area (Å²) in [4.78, 5) is 16.2. The molecule has 0 amide bonds. The number of aliphatic carboxylic acids is 1. The first-order valence-electron chi connectivity index (χ1n) is 10.1. The Morgan fingerprint density at radius 2 is 1.96 bits per heavy atom. The third kappa shape index (κ3) is 4.21. The molecular formula is C21H30N2O3. The highest BCUT2D eigenvalue weighted by molar-refractivity contribution is 5.68. The second-order valence-corrected chi connectivity index (χ2v) is 8.33. The van der Waals surface area contributed by atoms with Gasteiger partial charge in [0.2, 0.25) is 0 Å². The van der Waals surface area contributed by atoms with Crippen LogP contribution < -0.4 is 4.74 Å². The summed E-state index contributed by atoms with van der Waals surface area (Å²) in [6.07, 6.45) is 6.94. The normalized spacial score (nSPS) is 27.1. The fraction of sp³-hybridized carbons (Fsp3) is 0.667. The van der Waals surface area contributed by atoms with Gasteiger partial charge < -0.3 is 9.84 Å². The molecule has 1 aliphatic carbocycles. The Morgan fingerprint density at radius 1 is 1.12 bits per heavy atom. The Bertz CT molecular complexity index is 631. The van der Waals surface area contributed by atoms with Crippen LogP contribution in [0, 0.1) is 11.8 Å². The van der Waals surface area contributed by atoms with Crippen molar-refractivity contribution in [2.75, 3.05) is 32.8 Å². The van der Waals surface area contributed by atoms with Crippen LogP contribution >= 0.6 is 0 Å². The van der Waals surface area contributed by atoms with Crippen molar-refractivity contribution in [1.29, 1.82) is 0 Å². The van der Waals surface area contributed by atoms with Crippen LogP contribution in [0.5, 0.6) is 5.75 Å². The quantitative estimate of drug-likeness (QED) is 0.812. The molecule has 1 aromatic carbocycles. The van der Waals surface area contributed by atoms with Gasteiger partial charge in [-0.3, -0.25) is 9.80 Å². The minimum Gasteiger partial charge on any atom is -0.482 e. The molecule has 5 rings (SSSR count). The topological polar surface area (TPSA) is 53.0 Å². The summed E-state index contributed by atoms with van der Waals surface area (Å²) in [6, 6.07) is 8.55. The number of benzene rings is 1. The van der Waals surface area contributed by atoms with E-state index in [0.29, 0.717) is 11.8 Å². The van der Waals surface area contributed by atoms with Gasteiger partial charge in [-0.15, -0.1) is 0 Å². The largest absolute Gasteiger partial charge is 0.482 e. The summed E-state index contributed by atoms with van der Waals surface area (Å²) < 4.78 is 5.50. The lowest BCUT2D eigenvalue weighted by atomic mass is 9.83. The molecule has 1 N–H and O–H groups in total. The zero-order chi connectivity index (χ0) is 17.9. The standard InChI is InChI=1S/C21H30N2O3/c24-21(25)15-26-20-7-2-1-6-18(20)13-22-10-17-8-9-19(14-22)23(12-17)11-16-4-3-5-16/h1-2,6-7,16-17,19H,3-5,8-15H2,(H,24,25)/t17-,19+/m1/s1. The highest BCUT2D eigenvalue weighted by Crippen LogP contribution is 2.34. The molecule has 3 heterocycles. The van der Waals surface area contributed by atoms with Gasteiger partial charge in [0, 0.05) is 44.3 Å². The molecule has 2 atom stereocenters. The summed E-state index contributed by atoms with van der Waals surface area (Å²) in [5.74, 6) is 1.48. The van der Waals surface area contributed by atoms with E-state index >= 15 is 0 Å². The van der Waals surface area contributed by atoms with Crippen LogP contribution in [0.4, 0.5) is 0 Å². The molecule has 2 bridgehead atoms. The second kappa shape index (κ2) is 7.97. The number of carboxylic acids is 1. The van der Waals surface area contributed by atoms with Crippen molar-refractivity contribution in [2.24, 2.45) is 11.8 Å². The summed E-state index contributed by atoms with van der Waals surface area (Å²) in [5, 5.41) is 8.89. The molecule has 3 aliphatic heterocycles. The van der Waals surface area contributed by atoms with Gasteiger partial charge in [-0.2, -0.15) is 0 Å². The van der Waals surface area contributed by atoms with Crippen molar-refractivity contribution in [3.8, 4) is 5.75 Å². The van der Waals surface area contributed by atoms with E-state index in [0.717, 1.165) is 37.0 Å². The Labute approximate surface area is 155 Å². The molecule has 0 spiro atoms. The van der Waals surface area contributed by atoms with Gasteiger partial charge in [-0.25, -0.2) is 4.79 Å². The zero-order valence-corrected chi connectivity index (χ0v) is 15.5. The van der Waals surface area contributed by atoms with Crippen molar-refractivity contribution < 1.29 is 14.6 Å². The maximum Gasteiger partial charge on any atom is 0.341 e. The number of hydrogen-bond donors (Lipinski definition) is 1. The van der Waals surface area contributed by atoms with Gasteiger partial charge in [0.25, 0.3) is 0 Å². The molecule has 0 radical (unpaired) electrons. The maximum atomic E-state index is 10.8. The van der Waals surface area contributed by atoms with Crippen molar-refractivity contribution in [2.45, 2.75) is 44.7 Å². The fourth-order valence-electron chi connectivity index (χ4n) is 4.79. The minimum atomic E-state index is -0.931. The molecule has 5 nitrogen and oxygen atoms in total. The van der Waals surface area contributed by atoms with Gasteiger partial charge in [0.05, 0.1) is 0 Å². The summed E-state index contributed by atoms with van der Waals surface area (Å²) in [7, 11) is 0. The van der Waals surface area contributed by atoms with Crippen LogP contribution in [0.3, 0.4) is 0 Å². The van der Waals surface area contributed by atoms with E-state index < -0.39 is 5.97 Å². The number of nitrogens with zero attached hydrogens (tertiary/aromatic N) is 2. The second-order valence-electron chi connectivity index (χ2n) is 8.33. The van der Waals surface area contributed by atoms with E-state index in [1.807, 2.05) is 18.2 Å². The van der Waals surface area contributed by atoms with E-state index in [2.05, 4.69) is 15.9 Å². The predicted molar refractivity (Wildman–Crippen MR) is 100 cm³/mol. The van der Waals surface area contributed by atoms with Crippen LogP contribution in [0.1, 0.15) is 37.7 Å². The number of para-hydroxylation sites is 1. The maximum absolute atomic E-state index is 10.8. The van der Waals surface area contributed by atoms with Crippen molar-refractivity contribution >= 4 is 5.97 Å². The van der Waals surface area contributed by atoms with Crippen LogP contribution in [-0.2, 0) is 11.3 Å². The highest BCUT2D eigenvalue weighted by Gasteiger charge is 2.36. The lowest BCUT2D eigenvalue weighted by Gasteiger charge is -2.40. The number of fused-ring (bicyclic) bond motifs is 4. The third-order valence-corrected chi connectivity index (χ3v) is 6.34. The molecule has 4 aliphatic rings. The lowest BCUT2D eigenvalue weighted by Crippen LogP contribution is -2.46. The number of ether oxygens (including phenoxy) is 1. The number of carboxylic acid groups (broad SMARTS) is 1. The van der Waals surface area contributed by atoms with Crippen LogP contribution in [0.2, 0.25) is 0 Å². The Kier molecular flexibility index (Phi) is 5.46. The average Bonchev–Trinajstić information content (AvgIpc) is 2.88. The molecule has 0 aromatic heterocycles. The summed E-state index contributed by atoms with van der Waals surface area (Å²) in [5.41, 5.74) is 1.10. The van der Waals surface area contributed by atoms with Crippen molar-refractivity contribution in [1.82, 2.24) is 9.80 Å². The SMILES string of the molecule is O=C(O)COc1ccccc1CN1C[C@H]2CC[C@@H](C1)N(CC1CCC1)C2. The van der Waals surface area contributed by atoms with E-state index in [1.165, 1.54) is 45.2 Å². The Morgan fingerprint density at radius 3 is 2.73 bits per heavy atom. The molecule has 1 aromatic rings. The molecular weight excluding hydrogens is 328 g/mol. The van der Waals surface area contributed by atoms with Gasteiger partial charge >= 0.3 is 5.97 Å². The zero-order valence-electron chi connectivity index (χ0n) is 15.5. The first kappa shape index (κ1) is 17.8. The Hall–Kier alpha value is -1.59. The van der Waals surface area contributed by atoms with Gasteiger partial charge in [-0.05, 0) is 43.6 Å². The van der Waals surface area contributed by atoms with E-state index in [1.54, 1.807) is 0 Å². The molecule has 142 valence electrons. The van der Waals surface area contributed by atoms with Crippen molar-refractivity contribution in [3.05, 3.63) is 29.8 Å². The number of carbonyl (C=O) groups is 1. The predicted octanol–water partition coefficient (Wildman–Crippen LogP) is 2.85. The number of rotatable bonds is 7. The van der Waals surface area contributed by atoms with Gasteiger partial charge in [-0.1, -0.05) is 24.6 Å². The molecule has 1 saturated carbocycles. The van der Waals surface area contributed by atoms with E-state index in [4.69, 9.17) is 9.84 Å². The molecule has 0 unspecified atom stereocenters. The summed E-state index contributed by atoms with van der Waals surface area (Å²) in [6.45, 7) is 5.39. The number of piperidine rings is 1. The smallest absolute Gasteiger partial charge is 0.341 e. The van der Waals surface area contributed by atoms with Crippen LogP contribution in [0.25, 0.3) is 0 Å². The third-order valence-electron chi connectivity index (χ3n) is 6.34. The van der Waals surface area contributed by atoms with E-state index in [-0.39, 0.29) is 6.61 Å². The lowest BCUT2D eigenvalue weighted by molar-refractivity contribution is -0.139.